The number of nitrogens with one attached hydrogen (secondary N) is 1. The highest BCUT2D eigenvalue weighted by Crippen LogP contribution is 2.37. The third kappa shape index (κ3) is 2.97. The molecule has 0 spiro atoms. The van der Waals surface area contributed by atoms with Crippen molar-refractivity contribution in [3.8, 4) is 0 Å². The van der Waals surface area contributed by atoms with Crippen LogP contribution in [0.1, 0.15) is 45.4 Å². The van der Waals surface area contributed by atoms with E-state index >= 15 is 0 Å². The van der Waals surface area contributed by atoms with Crippen LogP contribution in [0.4, 0.5) is 0 Å². The van der Waals surface area contributed by atoms with E-state index in [4.69, 9.17) is 4.74 Å². The third-order valence-corrected chi connectivity index (χ3v) is 5.19. The summed E-state index contributed by atoms with van der Waals surface area (Å²) in [5.41, 5.74) is 0.00241. The van der Waals surface area contributed by atoms with Gasteiger partial charge in [-0.2, -0.15) is 0 Å². The molecule has 4 heteroatoms. The molecule has 0 radical (unpaired) electrons. The predicted molar refractivity (Wildman–Crippen MR) is 75.2 cm³/mol. The first-order chi connectivity index (χ1) is 9.26. The van der Waals surface area contributed by atoms with Crippen molar-refractivity contribution in [1.82, 2.24) is 10.2 Å². The van der Waals surface area contributed by atoms with Crippen molar-refractivity contribution < 1.29 is 9.84 Å². The molecule has 1 aliphatic heterocycles. The van der Waals surface area contributed by atoms with Crippen LogP contribution in [0, 0.1) is 0 Å². The summed E-state index contributed by atoms with van der Waals surface area (Å²) in [6.45, 7) is 5.36. The van der Waals surface area contributed by atoms with E-state index in [2.05, 4.69) is 17.1 Å². The summed E-state index contributed by atoms with van der Waals surface area (Å²) in [7, 11) is 0. The van der Waals surface area contributed by atoms with Gasteiger partial charge in [0.15, 0.2) is 0 Å². The number of aliphatic hydroxyl groups is 1. The molecule has 3 atom stereocenters. The molecule has 1 heterocycles. The number of rotatable bonds is 5. The normalized spacial score (nSPS) is 40.7. The lowest BCUT2D eigenvalue weighted by molar-refractivity contribution is -0.0308. The number of ether oxygens (including phenoxy) is 1. The van der Waals surface area contributed by atoms with Gasteiger partial charge >= 0.3 is 0 Å². The van der Waals surface area contributed by atoms with Crippen LogP contribution in [0.25, 0.3) is 0 Å². The molecule has 0 aromatic carbocycles. The van der Waals surface area contributed by atoms with Crippen molar-refractivity contribution >= 4 is 0 Å². The predicted octanol–water partition coefficient (Wildman–Crippen LogP) is 1.13. The van der Waals surface area contributed by atoms with Gasteiger partial charge in [-0.25, -0.2) is 0 Å². The summed E-state index contributed by atoms with van der Waals surface area (Å²) in [6, 6.07) is 1.89. The Hall–Kier alpha value is -0.160. The summed E-state index contributed by atoms with van der Waals surface area (Å²) in [6.07, 6.45) is 7.20. The Morgan fingerprint density at radius 3 is 2.89 bits per heavy atom. The summed E-state index contributed by atoms with van der Waals surface area (Å²) in [4.78, 5) is 2.65. The molecule has 3 unspecified atom stereocenters. The Kier molecular flexibility index (Phi) is 4.13. The number of aliphatic hydroxyl groups excluding tert-OH is 1. The van der Waals surface area contributed by atoms with Gasteiger partial charge in [0.2, 0.25) is 0 Å². The van der Waals surface area contributed by atoms with Crippen LogP contribution >= 0.6 is 0 Å². The fourth-order valence-corrected chi connectivity index (χ4v) is 3.86. The smallest absolute Gasteiger partial charge is 0.0622 e. The summed E-state index contributed by atoms with van der Waals surface area (Å²) < 4.78 is 5.61. The lowest BCUT2D eigenvalue weighted by atomic mass is 9.97. The van der Waals surface area contributed by atoms with Gasteiger partial charge in [-0.1, -0.05) is 6.92 Å². The summed E-state index contributed by atoms with van der Waals surface area (Å²) in [5, 5.41) is 13.5. The number of hydrogen-bond donors (Lipinski definition) is 2. The van der Waals surface area contributed by atoms with E-state index in [1.54, 1.807) is 0 Å². The first kappa shape index (κ1) is 13.8. The van der Waals surface area contributed by atoms with Gasteiger partial charge < -0.3 is 15.2 Å². The molecule has 3 aliphatic rings. The van der Waals surface area contributed by atoms with E-state index in [0.717, 1.165) is 32.6 Å². The van der Waals surface area contributed by atoms with Crippen LogP contribution in [-0.2, 0) is 4.74 Å². The topological polar surface area (TPSA) is 44.7 Å². The molecule has 110 valence electrons. The Bertz CT molecular complexity index is 309. The summed E-state index contributed by atoms with van der Waals surface area (Å²) >= 11 is 0. The molecule has 2 saturated carbocycles. The molecule has 0 aromatic heterocycles. The SMILES string of the molecule is CCC1COCCN1C1CCC(CO)(NC2CC2)C1. The zero-order valence-electron chi connectivity index (χ0n) is 12.1. The highest BCUT2D eigenvalue weighted by atomic mass is 16.5. The zero-order chi connectivity index (χ0) is 13.3. The third-order valence-electron chi connectivity index (χ3n) is 5.19. The average molecular weight is 268 g/mol. The van der Waals surface area contributed by atoms with Gasteiger partial charge in [0.05, 0.1) is 19.8 Å². The van der Waals surface area contributed by atoms with Crippen molar-refractivity contribution in [1.29, 1.82) is 0 Å². The quantitative estimate of drug-likeness (QED) is 0.785. The number of hydrogen-bond acceptors (Lipinski definition) is 4. The van der Waals surface area contributed by atoms with Gasteiger partial charge in [-0.05, 0) is 38.5 Å². The van der Waals surface area contributed by atoms with Crippen molar-refractivity contribution in [2.75, 3.05) is 26.4 Å². The highest BCUT2D eigenvalue weighted by Gasteiger charge is 2.44. The Balaban J connectivity index is 1.62. The molecule has 1 saturated heterocycles. The second kappa shape index (κ2) is 5.68. The minimum absolute atomic E-state index is 0.00241. The molecule has 19 heavy (non-hydrogen) atoms. The molecule has 2 aliphatic carbocycles. The van der Waals surface area contributed by atoms with E-state index in [1.165, 1.54) is 25.7 Å². The molecule has 0 bridgehead atoms. The number of morpholine rings is 1. The molecule has 0 amide bonds. The molecule has 3 fully saturated rings. The minimum atomic E-state index is 0.00241. The van der Waals surface area contributed by atoms with Crippen LogP contribution in [0.3, 0.4) is 0 Å². The fraction of sp³-hybridized carbons (Fsp3) is 1.00. The lowest BCUT2D eigenvalue weighted by Crippen LogP contribution is -2.52. The molecule has 2 N–H and O–H groups in total. The van der Waals surface area contributed by atoms with Crippen molar-refractivity contribution in [2.24, 2.45) is 0 Å². The molecule has 3 rings (SSSR count). The van der Waals surface area contributed by atoms with Crippen LogP contribution in [-0.4, -0.2) is 60.0 Å². The largest absolute Gasteiger partial charge is 0.394 e. The molecule has 4 nitrogen and oxygen atoms in total. The average Bonchev–Trinajstić information content (AvgIpc) is 3.16. The molecular formula is C15H28N2O2. The van der Waals surface area contributed by atoms with Gasteiger partial charge in [-0.3, -0.25) is 4.90 Å². The van der Waals surface area contributed by atoms with Crippen LogP contribution in [0.2, 0.25) is 0 Å². The zero-order valence-corrected chi connectivity index (χ0v) is 12.1. The Labute approximate surface area is 116 Å². The van der Waals surface area contributed by atoms with Crippen LogP contribution in [0.5, 0.6) is 0 Å². The van der Waals surface area contributed by atoms with Gasteiger partial charge in [-0.15, -0.1) is 0 Å². The fourth-order valence-electron chi connectivity index (χ4n) is 3.86. The van der Waals surface area contributed by atoms with Gasteiger partial charge in [0, 0.05) is 30.2 Å². The molecular weight excluding hydrogens is 240 g/mol. The second-order valence-corrected chi connectivity index (χ2v) is 6.63. The first-order valence-corrected chi connectivity index (χ1v) is 7.98. The maximum Gasteiger partial charge on any atom is 0.0622 e. The van der Waals surface area contributed by atoms with E-state index < -0.39 is 0 Å². The van der Waals surface area contributed by atoms with Gasteiger partial charge in [0.1, 0.15) is 0 Å². The lowest BCUT2D eigenvalue weighted by Gasteiger charge is -2.40. The van der Waals surface area contributed by atoms with E-state index in [1.807, 2.05) is 0 Å². The van der Waals surface area contributed by atoms with Crippen molar-refractivity contribution in [3.05, 3.63) is 0 Å². The van der Waals surface area contributed by atoms with Crippen molar-refractivity contribution in [3.63, 3.8) is 0 Å². The van der Waals surface area contributed by atoms with Crippen molar-refractivity contribution in [2.45, 2.75) is 69.1 Å². The number of nitrogens with zero attached hydrogens (tertiary/aromatic N) is 1. The Morgan fingerprint density at radius 1 is 1.37 bits per heavy atom. The maximum atomic E-state index is 9.83. The van der Waals surface area contributed by atoms with E-state index in [9.17, 15) is 5.11 Å². The van der Waals surface area contributed by atoms with E-state index in [0.29, 0.717) is 24.7 Å². The van der Waals surface area contributed by atoms with Crippen LogP contribution < -0.4 is 5.32 Å². The first-order valence-electron chi connectivity index (χ1n) is 7.98. The molecule has 0 aromatic rings. The second-order valence-electron chi connectivity index (χ2n) is 6.63. The Morgan fingerprint density at radius 2 is 2.21 bits per heavy atom. The van der Waals surface area contributed by atoms with Gasteiger partial charge in [0.25, 0.3) is 0 Å². The minimum Gasteiger partial charge on any atom is -0.394 e. The summed E-state index contributed by atoms with van der Waals surface area (Å²) in [5.74, 6) is 0. The van der Waals surface area contributed by atoms with E-state index in [-0.39, 0.29) is 5.54 Å². The van der Waals surface area contributed by atoms with Crippen LogP contribution in [0.15, 0.2) is 0 Å². The highest BCUT2D eigenvalue weighted by molar-refractivity contribution is 5.04. The standard InChI is InChI=1S/C15H28N2O2/c1-2-13-10-19-8-7-17(13)14-5-6-15(9-14,11-18)16-12-3-4-12/h12-14,16,18H,2-11H2,1H3. The maximum absolute atomic E-state index is 9.83. The monoisotopic (exact) mass is 268 g/mol.